The number of hydrogen-bond donors (Lipinski definition) is 1. The smallest absolute Gasteiger partial charge is 0.229 e. The second kappa shape index (κ2) is 7.11. The second-order valence-corrected chi connectivity index (χ2v) is 6.90. The van der Waals surface area contributed by atoms with E-state index < -0.39 is 0 Å². The maximum Gasteiger partial charge on any atom is 0.229 e. The van der Waals surface area contributed by atoms with Crippen LogP contribution in [0.4, 0.5) is 0 Å². The molecule has 0 amide bonds. The summed E-state index contributed by atoms with van der Waals surface area (Å²) < 4.78 is 5.36. The molecule has 6 nitrogen and oxygen atoms in total. The van der Waals surface area contributed by atoms with Crippen molar-refractivity contribution >= 4 is 5.84 Å². The summed E-state index contributed by atoms with van der Waals surface area (Å²) in [6.07, 6.45) is 1.97. The molecule has 1 aromatic rings. The summed E-state index contributed by atoms with van der Waals surface area (Å²) in [4.78, 5) is 9.96. The average molecular weight is 308 g/mol. The van der Waals surface area contributed by atoms with Crippen LogP contribution in [0.25, 0.3) is 0 Å². The van der Waals surface area contributed by atoms with Crippen LogP contribution in [-0.4, -0.2) is 22.2 Å². The molecule has 3 unspecified atom stereocenters. The molecule has 0 radical (unpaired) electrons. The Morgan fingerprint density at radius 3 is 2.32 bits per heavy atom. The van der Waals surface area contributed by atoms with Gasteiger partial charge >= 0.3 is 0 Å². The molecule has 0 saturated heterocycles. The molecule has 6 heteroatoms. The van der Waals surface area contributed by atoms with Crippen molar-refractivity contribution in [3.8, 4) is 0 Å². The Kier molecular flexibility index (Phi) is 5.42. The van der Waals surface area contributed by atoms with Gasteiger partial charge in [-0.15, -0.1) is 0 Å². The first-order valence-corrected chi connectivity index (χ1v) is 8.22. The standard InChI is InChI=1S/C16H28N4O2/c1-9(2)13-17-15(21-19-13)11(5)7-8-12(6)16-18-14(10(3)4)20-22-16/h9-12,15H,7-8H2,1-6H3,(H,17,19). The number of oxime groups is 1. The van der Waals surface area contributed by atoms with Crippen LogP contribution < -0.4 is 5.32 Å². The van der Waals surface area contributed by atoms with Gasteiger partial charge < -0.3 is 14.7 Å². The summed E-state index contributed by atoms with van der Waals surface area (Å²) in [5.41, 5.74) is 0. The highest BCUT2D eigenvalue weighted by Crippen LogP contribution is 2.25. The van der Waals surface area contributed by atoms with Crippen LogP contribution in [0.2, 0.25) is 0 Å². The highest BCUT2D eigenvalue weighted by atomic mass is 16.7. The van der Waals surface area contributed by atoms with Crippen LogP contribution in [0, 0.1) is 11.8 Å². The van der Waals surface area contributed by atoms with Gasteiger partial charge in [-0.1, -0.05) is 51.9 Å². The molecule has 0 bridgehead atoms. The second-order valence-electron chi connectivity index (χ2n) is 6.90. The van der Waals surface area contributed by atoms with Crippen molar-refractivity contribution < 1.29 is 9.36 Å². The highest BCUT2D eigenvalue weighted by molar-refractivity contribution is 5.84. The van der Waals surface area contributed by atoms with Crippen LogP contribution in [0.15, 0.2) is 9.68 Å². The highest BCUT2D eigenvalue weighted by Gasteiger charge is 2.27. The molecule has 0 aliphatic carbocycles. The van der Waals surface area contributed by atoms with Gasteiger partial charge in [-0.25, -0.2) is 0 Å². The lowest BCUT2D eigenvalue weighted by molar-refractivity contribution is 0.0294. The number of hydrogen-bond acceptors (Lipinski definition) is 6. The summed E-state index contributed by atoms with van der Waals surface area (Å²) >= 11 is 0. The number of amidine groups is 1. The zero-order valence-electron chi connectivity index (χ0n) is 14.5. The quantitative estimate of drug-likeness (QED) is 0.832. The van der Waals surface area contributed by atoms with E-state index in [1.54, 1.807) is 0 Å². The average Bonchev–Trinajstić information content (AvgIpc) is 3.12. The van der Waals surface area contributed by atoms with E-state index in [1.165, 1.54) is 0 Å². The van der Waals surface area contributed by atoms with Crippen molar-refractivity contribution in [3.63, 3.8) is 0 Å². The maximum absolute atomic E-state index is 5.49. The van der Waals surface area contributed by atoms with Crippen LogP contribution >= 0.6 is 0 Å². The summed E-state index contributed by atoms with van der Waals surface area (Å²) in [5, 5.41) is 11.5. The first-order valence-electron chi connectivity index (χ1n) is 8.22. The van der Waals surface area contributed by atoms with E-state index in [-0.39, 0.29) is 12.1 Å². The molecule has 0 fully saturated rings. The van der Waals surface area contributed by atoms with Gasteiger partial charge in [-0.3, -0.25) is 0 Å². The van der Waals surface area contributed by atoms with Crippen molar-refractivity contribution in [1.82, 2.24) is 15.5 Å². The third kappa shape index (κ3) is 3.99. The fraction of sp³-hybridized carbons (Fsp3) is 0.812. The van der Waals surface area contributed by atoms with Gasteiger partial charge in [0.25, 0.3) is 0 Å². The molecule has 0 spiro atoms. The van der Waals surface area contributed by atoms with E-state index >= 15 is 0 Å². The van der Waals surface area contributed by atoms with Gasteiger partial charge in [0.15, 0.2) is 5.82 Å². The van der Waals surface area contributed by atoms with E-state index in [0.717, 1.165) is 30.4 Å². The zero-order valence-corrected chi connectivity index (χ0v) is 14.5. The Hall–Kier alpha value is -1.59. The van der Waals surface area contributed by atoms with Crippen LogP contribution in [-0.2, 0) is 4.84 Å². The number of nitrogens with zero attached hydrogens (tertiary/aromatic N) is 3. The Balaban J connectivity index is 1.80. The predicted molar refractivity (Wildman–Crippen MR) is 85.5 cm³/mol. The number of nitrogens with one attached hydrogen (secondary N) is 1. The fourth-order valence-corrected chi connectivity index (χ4v) is 2.30. The molecule has 1 N–H and O–H groups in total. The molecule has 124 valence electrons. The lowest BCUT2D eigenvalue weighted by Crippen LogP contribution is -2.36. The largest absolute Gasteiger partial charge is 0.369 e. The minimum Gasteiger partial charge on any atom is -0.369 e. The molecule has 2 rings (SSSR count). The summed E-state index contributed by atoms with van der Waals surface area (Å²) in [5.74, 6) is 3.74. The summed E-state index contributed by atoms with van der Waals surface area (Å²) in [6, 6.07) is 0. The zero-order chi connectivity index (χ0) is 16.3. The van der Waals surface area contributed by atoms with Gasteiger partial charge in [0.2, 0.25) is 12.1 Å². The van der Waals surface area contributed by atoms with E-state index in [9.17, 15) is 0 Å². The summed E-state index contributed by atoms with van der Waals surface area (Å²) in [6.45, 7) is 12.6. The van der Waals surface area contributed by atoms with Crippen molar-refractivity contribution in [2.24, 2.45) is 17.0 Å². The van der Waals surface area contributed by atoms with Crippen molar-refractivity contribution in [3.05, 3.63) is 11.7 Å². The van der Waals surface area contributed by atoms with Crippen molar-refractivity contribution in [2.45, 2.75) is 72.4 Å². The molecular weight excluding hydrogens is 280 g/mol. The Morgan fingerprint density at radius 2 is 1.77 bits per heavy atom. The van der Waals surface area contributed by atoms with Crippen LogP contribution in [0.5, 0.6) is 0 Å². The van der Waals surface area contributed by atoms with Crippen LogP contribution in [0.3, 0.4) is 0 Å². The Labute approximate surface area is 132 Å². The van der Waals surface area contributed by atoms with Crippen LogP contribution in [0.1, 0.15) is 77.9 Å². The Bertz CT molecular complexity index is 510. The van der Waals surface area contributed by atoms with Gasteiger partial charge in [0.1, 0.15) is 5.84 Å². The fourth-order valence-electron chi connectivity index (χ4n) is 2.30. The third-order valence-electron chi connectivity index (χ3n) is 4.07. The van der Waals surface area contributed by atoms with Gasteiger partial charge in [0.05, 0.1) is 0 Å². The lowest BCUT2D eigenvalue weighted by atomic mass is 9.96. The molecule has 1 aliphatic rings. The normalized spacial score (nSPS) is 20.7. The minimum absolute atomic E-state index is 0.0292. The van der Waals surface area contributed by atoms with E-state index in [2.05, 4.69) is 62.2 Å². The first kappa shape index (κ1) is 16.8. The van der Waals surface area contributed by atoms with E-state index in [1.807, 2.05) is 0 Å². The van der Waals surface area contributed by atoms with E-state index in [0.29, 0.717) is 17.8 Å². The van der Waals surface area contributed by atoms with Gasteiger partial charge in [-0.2, -0.15) is 4.98 Å². The van der Waals surface area contributed by atoms with Crippen molar-refractivity contribution in [2.75, 3.05) is 0 Å². The van der Waals surface area contributed by atoms with Gasteiger partial charge in [-0.05, 0) is 12.8 Å². The molecule has 22 heavy (non-hydrogen) atoms. The molecular formula is C16H28N4O2. The molecule has 0 saturated carbocycles. The molecule has 2 heterocycles. The number of rotatable bonds is 7. The van der Waals surface area contributed by atoms with E-state index in [4.69, 9.17) is 9.36 Å². The van der Waals surface area contributed by atoms with Crippen molar-refractivity contribution in [1.29, 1.82) is 0 Å². The predicted octanol–water partition coefficient (Wildman–Crippen LogP) is 3.63. The molecule has 1 aromatic heterocycles. The Morgan fingerprint density at radius 1 is 1.05 bits per heavy atom. The summed E-state index contributed by atoms with van der Waals surface area (Å²) in [7, 11) is 0. The monoisotopic (exact) mass is 308 g/mol. The number of aromatic nitrogens is 2. The third-order valence-corrected chi connectivity index (χ3v) is 4.07. The molecule has 1 aliphatic heterocycles. The topological polar surface area (TPSA) is 72.5 Å². The lowest BCUT2D eigenvalue weighted by Gasteiger charge is -2.19. The molecule has 3 atom stereocenters. The minimum atomic E-state index is -0.0292. The molecule has 0 aromatic carbocycles. The van der Waals surface area contributed by atoms with Gasteiger partial charge in [0, 0.05) is 23.7 Å². The SMILES string of the molecule is CC(C)C1=NOC(C(C)CCC(C)c2nc(C(C)C)no2)N1. The first-order chi connectivity index (χ1) is 10.4. The maximum atomic E-state index is 5.49.